The van der Waals surface area contributed by atoms with E-state index < -0.39 is 0 Å². The number of hydrogen-bond acceptors (Lipinski definition) is 5. The van der Waals surface area contributed by atoms with Crippen molar-refractivity contribution in [3.05, 3.63) is 54.1 Å². The lowest BCUT2D eigenvalue weighted by Crippen LogP contribution is -2.45. The Balaban J connectivity index is 1.32. The minimum Gasteiger partial charge on any atom is -0.448 e. The number of carbonyl (C=O) groups excluding carboxylic acids is 1. The third kappa shape index (κ3) is 3.11. The molecule has 2 aromatic carbocycles. The van der Waals surface area contributed by atoms with Gasteiger partial charge in [-0.1, -0.05) is 35.5 Å². The molecule has 28 heavy (non-hydrogen) atoms. The Morgan fingerprint density at radius 1 is 1.00 bits per heavy atom. The van der Waals surface area contributed by atoms with Crippen LogP contribution < -0.4 is 0 Å². The van der Waals surface area contributed by atoms with Gasteiger partial charge >= 0.3 is 6.09 Å². The number of rotatable bonds is 4. The number of para-hydroxylation sites is 2. The molecule has 1 aromatic heterocycles. The Bertz CT molecular complexity index is 993. The van der Waals surface area contributed by atoms with Crippen LogP contribution in [-0.2, 0) is 11.3 Å². The molecular formula is C21H23N5O2. The second-order valence-electron chi connectivity index (χ2n) is 7.43. The molecule has 0 radical (unpaired) electrons. The van der Waals surface area contributed by atoms with Crippen LogP contribution in [0.15, 0.2) is 48.5 Å². The molecule has 2 saturated heterocycles. The lowest BCUT2D eigenvalue weighted by Gasteiger charge is -2.35. The van der Waals surface area contributed by atoms with Crippen LogP contribution in [0.2, 0.25) is 0 Å². The van der Waals surface area contributed by atoms with Crippen LogP contribution >= 0.6 is 0 Å². The van der Waals surface area contributed by atoms with E-state index in [0.29, 0.717) is 12.6 Å². The molecule has 0 spiro atoms. The summed E-state index contributed by atoms with van der Waals surface area (Å²) < 4.78 is 7.02. The van der Waals surface area contributed by atoms with Crippen molar-refractivity contribution in [1.29, 1.82) is 0 Å². The highest BCUT2D eigenvalue weighted by atomic mass is 16.6. The monoisotopic (exact) mass is 377 g/mol. The molecule has 2 aliphatic rings. The quantitative estimate of drug-likeness (QED) is 0.700. The van der Waals surface area contributed by atoms with Gasteiger partial charge in [0.2, 0.25) is 0 Å². The van der Waals surface area contributed by atoms with E-state index in [9.17, 15) is 4.79 Å². The Morgan fingerprint density at radius 3 is 2.61 bits per heavy atom. The first-order valence-corrected chi connectivity index (χ1v) is 9.84. The number of aromatic nitrogens is 3. The minimum atomic E-state index is -0.151. The van der Waals surface area contributed by atoms with E-state index in [1.807, 2.05) is 39.9 Å². The highest BCUT2D eigenvalue weighted by Crippen LogP contribution is 2.24. The van der Waals surface area contributed by atoms with Gasteiger partial charge in [-0.05, 0) is 36.6 Å². The summed E-state index contributed by atoms with van der Waals surface area (Å²) in [6.07, 6.45) is 1.83. The van der Waals surface area contributed by atoms with Gasteiger partial charge in [0.05, 0.1) is 17.7 Å². The SMILES string of the molecule is O=C1OCCN1C1CCN(Cc2ccccc2-n2nnc3ccccc32)CC1. The normalized spacial score (nSPS) is 18.7. The number of fused-ring (bicyclic) bond motifs is 1. The largest absolute Gasteiger partial charge is 0.448 e. The zero-order valence-corrected chi connectivity index (χ0v) is 15.7. The van der Waals surface area contributed by atoms with Crippen molar-refractivity contribution < 1.29 is 9.53 Å². The maximum absolute atomic E-state index is 11.8. The predicted molar refractivity (Wildman–Crippen MR) is 105 cm³/mol. The van der Waals surface area contributed by atoms with E-state index in [0.717, 1.165) is 55.7 Å². The Morgan fingerprint density at radius 2 is 1.79 bits per heavy atom. The van der Waals surface area contributed by atoms with Crippen molar-refractivity contribution >= 4 is 17.1 Å². The Kier molecular flexibility index (Phi) is 4.44. The third-order valence-electron chi connectivity index (χ3n) is 5.76. The Labute approximate surface area is 163 Å². The smallest absolute Gasteiger partial charge is 0.410 e. The number of amides is 1. The van der Waals surface area contributed by atoms with Gasteiger partial charge in [0.15, 0.2) is 0 Å². The van der Waals surface area contributed by atoms with Gasteiger partial charge in [0.25, 0.3) is 0 Å². The van der Waals surface area contributed by atoms with Crippen molar-refractivity contribution in [2.45, 2.75) is 25.4 Å². The molecule has 3 heterocycles. The van der Waals surface area contributed by atoms with Gasteiger partial charge in [-0.3, -0.25) is 4.90 Å². The second kappa shape index (κ2) is 7.24. The van der Waals surface area contributed by atoms with E-state index in [1.54, 1.807) is 0 Å². The number of cyclic esters (lactones) is 1. The van der Waals surface area contributed by atoms with E-state index >= 15 is 0 Å². The third-order valence-corrected chi connectivity index (χ3v) is 5.76. The van der Waals surface area contributed by atoms with E-state index in [4.69, 9.17) is 4.74 Å². The summed E-state index contributed by atoms with van der Waals surface area (Å²) in [5.41, 5.74) is 4.22. The molecule has 0 bridgehead atoms. The molecule has 0 atom stereocenters. The van der Waals surface area contributed by atoms with Crippen LogP contribution in [-0.4, -0.2) is 63.2 Å². The Hall–Kier alpha value is -2.93. The van der Waals surface area contributed by atoms with Gasteiger partial charge in [-0.15, -0.1) is 5.10 Å². The highest BCUT2D eigenvalue weighted by Gasteiger charge is 2.32. The molecule has 7 heteroatoms. The first kappa shape index (κ1) is 17.2. The van der Waals surface area contributed by atoms with Crippen LogP contribution in [0.25, 0.3) is 16.7 Å². The number of piperidine rings is 1. The summed E-state index contributed by atoms with van der Waals surface area (Å²) in [5, 5.41) is 8.68. The molecule has 2 fully saturated rings. The van der Waals surface area contributed by atoms with E-state index in [1.165, 1.54) is 5.56 Å². The van der Waals surface area contributed by atoms with Crippen molar-refractivity contribution in [3.8, 4) is 5.69 Å². The number of hydrogen-bond donors (Lipinski definition) is 0. The molecule has 0 N–H and O–H groups in total. The van der Waals surface area contributed by atoms with Crippen LogP contribution in [0, 0.1) is 0 Å². The fourth-order valence-electron chi connectivity index (χ4n) is 4.27. The zero-order chi connectivity index (χ0) is 18.9. The molecule has 3 aromatic rings. The average molecular weight is 377 g/mol. The first-order chi connectivity index (χ1) is 13.8. The zero-order valence-electron chi connectivity index (χ0n) is 15.7. The van der Waals surface area contributed by atoms with E-state index in [2.05, 4.69) is 33.4 Å². The number of carbonyl (C=O) groups is 1. The van der Waals surface area contributed by atoms with Crippen molar-refractivity contribution in [2.24, 2.45) is 0 Å². The molecule has 2 aliphatic heterocycles. The summed E-state index contributed by atoms with van der Waals surface area (Å²) in [4.78, 5) is 16.2. The van der Waals surface area contributed by atoms with Gasteiger partial charge in [-0.2, -0.15) is 0 Å². The molecule has 0 aliphatic carbocycles. The predicted octanol–water partition coefficient (Wildman–Crippen LogP) is 2.84. The minimum absolute atomic E-state index is 0.151. The number of nitrogens with zero attached hydrogens (tertiary/aromatic N) is 5. The van der Waals surface area contributed by atoms with Gasteiger partial charge in [-0.25, -0.2) is 9.48 Å². The summed E-state index contributed by atoms with van der Waals surface area (Å²) >= 11 is 0. The topological polar surface area (TPSA) is 63.5 Å². The fraction of sp³-hybridized carbons (Fsp3) is 0.381. The van der Waals surface area contributed by atoms with Crippen molar-refractivity contribution in [2.75, 3.05) is 26.2 Å². The lowest BCUT2D eigenvalue weighted by molar-refractivity contribution is 0.115. The molecule has 0 saturated carbocycles. The van der Waals surface area contributed by atoms with E-state index in [-0.39, 0.29) is 6.09 Å². The fourth-order valence-corrected chi connectivity index (χ4v) is 4.27. The number of ether oxygens (including phenoxy) is 1. The summed E-state index contributed by atoms with van der Waals surface area (Å²) in [5.74, 6) is 0. The van der Waals surface area contributed by atoms with Gasteiger partial charge < -0.3 is 9.64 Å². The van der Waals surface area contributed by atoms with Crippen LogP contribution in [0.5, 0.6) is 0 Å². The number of likely N-dealkylation sites (tertiary alicyclic amines) is 1. The molecule has 144 valence electrons. The average Bonchev–Trinajstić information content (AvgIpc) is 3.35. The van der Waals surface area contributed by atoms with Crippen molar-refractivity contribution in [1.82, 2.24) is 24.8 Å². The van der Waals surface area contributed by atoms with Gasteiger partial charge in [0, 0.05) is 25.7 Å². The molecule has 1 amide bonds. The summed E-state index contributed by atoms with van der Waals surface area (Å²) in [6, 6.07) is 16.7. The van der Waals surface area contributed by atoms with Gasteiger partial charge in [0.1, 0.15) is 12.1 Å². The molecule has 7 nitrogen and oxygen atoms in total. The van der Waals surface area contributed by atoms with Crippen LogP contribution in [0.1, 0.15) is 18.4 Å². The molecule has 0 unspecified atom stereocenters. The second-order valence-corrected chi connectivity index (χ2v) is 7.43. The number of benzene rings is 2. The van der Waals surface area contributed by atoms with Crippen LogP contribution in [0.4, 0.5) is 4.79 Å². The standard InChI is InChI=1S/C21H23N5O2/c27-21-25(13-14-28-21)17-9-11-24(12-10-17)15-16-5-1-3-7-19(16)26-20-8-4-2-6-18(20)22-23-26/h1-8,17H,9-15H2. The molecular weight excluding hydrogens is 354 g/mol. The summed E-state index contributed by atoms with van der Waals surface area (Å²) in [6.45, 7) is 4.06. The highest BCUT2D eigenvalue weighted by molar-refractivity contribution is 5.76. The van der Waals surface area contributed by atoms with Crippen LogP contribution in [0.3, 0.4) is 0 Å². The van der Waals surface area contributed by atoms with Crippen molar-refractivity contribution in [3.63, 3.8) is 0 Å². The summed E-state index contributed by atoms with van der Waals surface area (Å²) in [7, 11) is 0. The lowest BCUT2D eigenvalue weighted by atomic mass is 10.0. The maximum Gasteiger partial charge on any atom is 0.410 e. The maximum atomic E-state index is 11.8. The first-order valence-electron chi connectivity index (χ1n) is 9.84. The molecule has 5 rings (SSSR count).